The summed E-state index contributed by atoms with van der Waals surface area (Å²) in [5, 5.41) is 3.91. The van der Waals surface area contributed by atoms with Crippen LogP contribution in [0.1, 0.15) is 40.2 Å². The number of halogens is 1. The highest BCUT2D eigenvalue weighted by molar-refractivity contribution is 7.16. The van der Waals surface area contributed by atoms with E-state index < -0.39 is 5.97 Å². The van der Waals surface area contributed by atoms with Gasteiger partial charge in [-0.25, -0.2) is 4.79 Å². The molecule has 0 aliphatic rings. The Hall–Kier alpha value is -2.05. The van der Waals surface area contributed by atoms with E-state index in [4.69, 9.17) is 21.1 Å². The van der Waals surface area contributed by atoms with E-state index in [-0.39, 0.29) is 19.1 Å². The molecule has 0 spiro atoms. The van der Waals surface area contributed by atoms with Gasteiger partial charge in [0.15, 0.2) is 6.61 Å². The van der Waals surface area contributed by atoms with Crippen LogP contribution < -0.4 is 10.1 Å². The third-order valence-electron chi connectivity index (χ3n) is 3.66. The van der Waals surface area contributed by atoms with E-state index in [0.29, 0.717) is 21.3 Å². The molecule has 0 saturated carbocycles. The summed E-state index contributed by atoms with van der Waals surface area (Å²) in [6, 6.07) is 5.32. The van der Waals surface area contributed by atoms with Crippen molar-refractivity contribution in [2.45, 2.75) is 34.1 Å². The van der Waals surface area contributed by atoms with Gasteiger partial charge in [0.1, 0.15) is 10.8 Å². The molecule has 1 aromatic carbocycles. The van der Waals surface area contributed by atoms with Crippen LogP contribution >= 0.6 is 22.9 Å². The summed E-state index contributed by atoms with van der Waals surface area (Å²) in [6.07, 6.45) is 0.771. The van der Waals surface area contributed by atoms with Crippen LogP contribution in [0.5, 0.6) is 5.75 Å². The predicted molar refractivity (Wildman–Crippen MR) is 105 cm³/mol. The van der Waals surface area contributed by atoms with Crippen LogP contribution in [0.15, 0.2) is 18.2 Å². The number of amides is 1. The van der Waals surface area contributed by atoms with Gasteiger partial charge in [-0.2, -0.15) is 0 Å². The van der Waals surface area contributed by atoms with E-state index in [1.165, 1.54) is 11.3 Å². The van der Waals surface area contributed by atoms with Crippen LogP contribution in [-0.4, -0.2) is 25.1 Å². The lowest BCUT2D eigenvalue weighted by molar-refractivity contribution is -0.118. The molecule has 7 heteroatoms. The van der Waals surface area contributed by atoms with E-state index in [0.717, 1.165) is 22.4 Å². The third kappa shape index (κ3) is 4.99. The molecule has 0 aliphatic heterocycles. The Labute approximate surface area is 162 Å². The fourth-order valence-corrected chi connectivity index (χ4v) is 3.48. The van der Waals surface area contributed by atoms with Gasteiger partial charge in [0.25, 0.3) is 5.91 Å². The molecular formula is C19H22ClNO4S. The number of esters is 1. The van der Waals surface area contributed by atoms with Gasteiger partial charge in [-0.3, -0.25) is 4.79 Å². The zero-order valence-electron chi connectivity index (χ0n) is 15.3. The highest BCUT2D eigenvalue weighted by Crippen LogP contribution is 2.29. The molecule has 2 aromatic rings. The number of thiophene rings is 1. The molecule has 0 aliphatic carbocycles. The molecule has 140 valence electrons. The summed E-state index contributed by atoms with van der Waals surface area (Å²) in [4.78, 5) is 25.3. The Kier molecular flexibility index (Phi) is 7.06. The number of carbonyl (C=O) groups is 2. The predicted octanol–water partition coefficient (Wildman–Crippen LogP) is 4.77. The average Bonchev–Trinajstić information content (AvgIpc) is 3.01. The van der Waals surface area contributed by atoms with E-state index in [9.17, 15) is 9.59 Å². The monoisotopic (exact) mass is 395 g/mol. The van der Waals surface area contributed by atoms with Crippen molar-refractivity contribution in [3.63, 3.8) is 0 Å². The minimum atomic E-state index is -0.441. The van der Waals surface area contributed by atoms with Crippen LogP contribution in [0.3, 0.4) is 0 Å². The van der Waals surface area contributed by atoms with Crippen molar-refractivity contribution in [3.05, 3.63) is 44.8 Å². The van der Waals surface area contributed by atoms with Gasteiger partial charge in [0.05, 0.1) is 12.2 Å². The Morgan fingerprint density at radius 3 is 2.38 bits per heavy atom. The fourth-order valence-electron chi connectivity index (χ4n) is 2.37. The number of nitrogens with one attached hydrogen (secondary N) is 1. The zero-order valence-corrected chi connectivity index (χ0v) is 16.8. The second-order valence-electron chi connectivity index (χ2n) is 5.74. The first kappa shape index (κ1) is 20.3. The van der Waals surface area contributed by atoms with Crippen LogP contribution in [0.25, 0.3) is 0 Å². The van der Waals surface area contributed by atoms with Gasteiger partial charge in [-0.1, -0.05) is 18.5 Å². The average molecular weight is 396 g/mol. The summed E-state index contributed by atoms with van der Waals surface area (Å²) < 4.78 is 10.6. The standard InChI is InChI=1S/C19H22ClNO4S/c1-5-14-9-15(19(23)24-6-2)18(26-14)21-16(22)10-25-13-7-11(3)17(20)12(4)8-13/h7-9H,5-6,10H2,1-4H3,(H,21,22). The van der Waals surface area contributed by atoms with Crippen molar-refractivity contribution < 1.29 is 19.1 Å². The largest absolute Gasteiger partial charge is 0.484 e. The summed E-state index contributed by atoms with van der Waals surface area (Å²) in [5.41, 5.74) is 2.15. The number of aryl methyl sites for hydroxylation is 3. The van der Waals surface area contributed by atoms with Crippen molar-refractivity contribution in [3.8, 4) is 5.75 Å². The lowest BCUT2D eigenvalue weighted by Crippen LogP contribution is -2.21. The maximum absolute atomic E-state index is 12.2. The molecule has 0 bridgehead atoms. The lowest BCUT2D eigenvalue weighted by Gasteiger charge is -2.10. The second kappa shape index (κ2) is 9.05. The summed E-state index contributed by atoms with van der Waals surface area (Å²) >= 11 is 7.50. The second-order valence-corrected chi connectivity index (χ2v) is 7.25. The maximum Gasteiger partial charge on any atom is 0.341 e. The van der Waals surface area contributed by atoms with Gasteiger partial charge in [-0.05, 0) is 56.5 Å². The van der Waals surface area contributed by atoms with Crippen molar-refractivity contribution in [1.29, 1.82) is 0 Å². The molecule has 0 atom stereocenters. The van der Waals surface area contributed by atoms with Crippen LogP contribution in [0, 0.1) is 13.8 Å². The Morgan fingerprint density at radius 1 is 1.15 bits per heavy atom. The van der Waals surface area contributed by atoms with Gasteiger partial charge in [0, 0.05) is 9.90 Å². The number of hydrogen-bond acceptors (Lipinski definition) is 5. The van der Waals surface area contributed by atoms with Crippen LogP contribution in [0.2, 0.25) is 5.02 Å². The molecule has 5 nitrogen and oxygen atoms in total. The number of benzene rings is 1. The molecule has 1 heterocycles. The normalized spacial score (nSPS) is 10.5. The summed E-state index contributed by atoms with van der Waals surface area (Å²) in [7, 11) is 0. The first-order valence-electron chi connectivity index (χ1n) is 8.34. The summed E-state index contributed by atoms with van der Waals surface area (Å²) in [5.74, 6) is -0.209. The highest BCUT2D eigenvalue weighted by Gasteiger charge is 2.19. The van der Waals surface area contributed by atoms with Crippen molar-refractivity contribution in [2.75, 3.05) is 18.5 Å². The fraction of sp³-hybridized carbons (Fsp3) is 0.368. The minimum absolute atomic E-state index is 0.165. The van der Waals surface area contributed by atoms with E-state index in [1.54, 1.807) is 25.1 Å². The van der Waals surface area contributed by atoms with Gasteiger partial charge < -0.3 is 14.8 Å². The minimum Gasteiger partial charge on any atom is -0.484 e. The topological polar surface area (TPSA) is 64.6 Å². The first-order valence-corrected chi connectivity index (χ1v) is 9.54. The van der Waals surface area contributed by atoms with E-state index in [1.807, 2.05) is 20.8 Å². The molecule has 0 radical (unpaired) electrons. The molecule has 2 rings (SSSR count). The molecule has 1 aromatic heterocycles. The van der Waals surface area contributed by atoms with E-state index >= 15 is 0 Å². The number of anilines is 1. The quantitative estimate of drug-likeness (QED) is 0.685. The molecule has 1 amide bonds. The van der Waals surface area contributed by atoms with Crippen molar-refractivity contribution >= 4 is 39.8 Å². The Morgan fingerprint density at radius 2 is 1.81 bits per heavy atom. The van der Waals surface area contributed by atoms with Crippen molar-refractivity contribution in [2.24, 2.45) is 0 Å². The van der Waals surface area contributed by atoms with Gasteiger partial charge in [-0.15, -0.1) is 11.3 Å². The molecular weight excluding hydrogens is 374 g/mol. The first-order chi connectivity index (χ1) is 12.3. The van der Waals surface area contributed by atoms with E-state index in [2.05, 4.69) is 5.32 Å². The van der Waals surface area contributed by atoms with Crippen LogP contribution in [-0.2, 0) is 16.0 Å². The smallest absolute Gasteiger partial charge is 0.341 e. The van der Waals surface area contributed by atoms with Crippen LogP contribution in [0.4, 0.5) is 5.00 Å². The lowest BCUT2D eigenvalue weighted by atomic mass is 10.1. The number of carbonyl (C=O) groups excluding carboxylic acids is 2. The molecule has 0 unspecified atom stereocenters. The SMILES string of the molecule is CCOC(=O)c1cc(CC)sc1NC(=O)COc1cc(C)c(Cl)c(C)c1. The summed E-state index contributed by atoms with van der Waals surface area (Å²) in [6.45, 7) is 7.61. The zero-order chi connectivity index (χ0) is 19.3. The van der Waals surface area contributed by atoms with Crippen molar-refractivity contribution in [1.82, 2.24) is 0 Å². The molecule has 26 heavy (non-hydrogen) atoms. The third-order valence-corrected chi connectivity index (χ3v) is 5.45. The highest BCUT2D eigenvalue weighted by atomic mass is 35.5. The van der Waals surface area contributed by atoms with Gasteiger partial charge >= 0.3 is 5.97 Å². The Balaban J connectivity index is 2.06. The molecule has 0 saturated heterocycles. The molecule has 0 fully saturated rings. The van der Waals surface area contributed by atoms with Gasteiger partial charge in [0.2, 0.25) is 0 Å². The molecule has 1 N–H and O–H groups in total. The Bertz CT molecular complexity index is 793. The number of rotatable bonds is 7. The maximum atomic E-state index is 12.2. The number of hydrogen-bond donors (Lipinski definition) is 1. The number of ether oxygens (including phenoxy) is 2.